The summed E-state index contributed by atoms with van der Waals surface area (Å²) in [7, 11) is 7.29. The maximum Gasteiger partial charge on any atom is 0.246 e. The average Bonchev–Trinajstić information content (AvgIpc) is 2.67. The van der Waals surface area contributed by atoms with Crippen molar-refractivity contribution in [2.75, 3.05) is 41.4 Å². The summed E-state index contributed by atoms with van der Waals surface area (Å²) in [5.74, 6) is 1.82. The molecule has 3 rings (SSSR count). The van der Waals surface area contributed by atoms with Crippen LogP contribution in [0.15, 0.2) is 23.3 Å². The lowest BCUT2D eigenvalue weighted by molar-refractivity contribution is -0.139. The minimum atomic E-state index is 0.0477. The highest BCUT2D eigenvalue weighted by Crippen LogP contribution is 2.38. The molecule has 0 N–H and O–H groups in total. The van der Waals surface area contributed by atoms with E-state index in [1.54, 1.807) is 19.2 Å². The van der Waals surface area contributed by atoms with Crippen LogP contribution in [0.4, 0.5) is 0 Å². The van der Waals surface area contributed by atoms with Crippen LogP contribution in [-0.2, 0) is 4.79 Å². The van der Waals surface area contributed by atoms with Crippen LogP contribution in [0, 0.1) is 11.8 Å². The average molecular weight is 359 g/mol. The van der Waals surface area contributed by atoms with E-state index in [2.05, 4.69) is 4.90 Å². The molecule has 1 heterocycles. The van der Waals surface area contributed by atoms with Gasteiger partial charge in [0.15, 0.2) is 11.5 Å². The van der Waals surface area contributed by atoms with Gasteiger partial charge in [0, 0.05) is 23.9 Å². The Hall–Kier alpha value is -2.08. The highest BCUT2D eigenvalue weighted by atomic mass is 16.5. The van der Waals surface area contributed by atoms with E-state index >= 15 is 0 Å². The molecule has 142 valence electrons. The van der Waals surface area contributed by atoms with Crippen LogP contribution in [0.2, 0.25) is 0 Å². The Morgan fingerprint density at radius 2 is 1.81 bits per heavy atom. The van der Waals surface area contributed by atoms with Crippen LogP contribution < -0.4 is 9.47 Å². The van der Waals surface area contributed by atoms with Gasteiger partial charge in [-0.2, -0.15) is 5.10 Å². The van der Waals surface area contributed by atoms with E-state index in [1.165, 1.54) is 0 Å². The van der Waals surface area contributed by atoms with Crippen molar-refractivity contribution >= 4 is 11.6 Å². The van der Waals surface area contributed by atoms with Gasteiger partial charge in [0.2, 0.25) is 5.91 Å². The van der Waals surface area contributed by atoms with Gasteiger partial charge in [-0.1, -0.05) is 12.8 Å². The molecule has 2 atom stereocenters. The molecule has 0 radical (unpaired) electrons. The SMILES string of the molecule is COc1ccc(C2=NN(CCN(C)C)C(=O)[C@@H]3CCCC[C@H]23)cc1OC. The number of methoxy groups -OCH3 is 2. The molecule has 1 aromatic carbocycles. The number of rotatable bonds is 6. The molecule has 6 nitrogen and oxygen atoms in total. The summed E-state index contributed by atoms with van der Waals surface area (Å²) >= 11 is 0. The number of hydrogen-bond acceptors (Lipinski definition) is 5. The van der Waals surface area contributed by atoms with Crippen molar-refractivity contribution in [3.05, 3.63) is 23.8 Å². The molecule has 2 aliphatic rings. The molecule has 6 heteroatoms. The number of hydrazone groups is 1. The topological polar surface area (TPSA) is 54.4 Å². The van der Waals surface area contributed by atoms with Gasteiger partial charge in [-0.3, -0.25) is 4.79 Å². The third kappa shape index (κ3) is 3.70. The second-order valence-electron chi connectivity index (χ2n) is 7.32. The molecular formula is C20H29N3O3. The van der Waals surface area contributed by atoms with Crippen molar-refractivity contribution in [3.63, 3.8) is 0 Å². The summed E-state index contributed by atoms with van der Waals surface area (Å²) in [6, 6.07) is 5.91. The Balaban J connectivity index is 1.98. The largest absolute Gasteiger partial charge is 0.493 e. The lowest BCUT2D eigenvalue weighted by Gasteiger charge is -2.39. The molecule has 1 saturated carbocycles. The first kappa shape index (κ1) is 18.7. The second kappa shape index (κ2) is 8.08. The Morgan fingerprint density at radius 3 is 2.46 bits per heavy atom. The van der Waals surface area contributed by atoms with Gasteiger partial charge in [-0.05, 0) is 45.1 Å². The number of carbonyl (C=O) groups excluding carboxylic acids is 1. The Kier molecular flexibility index (Phi) is 5.81. The molecule has 1 amide bonds. The summed E-state index contributed by atoms with van der Waals surface area (Å²) in [4.78, 5) is 15.0. The Morgan fingerprint density at radius 1 is 1.12 bits per heavy atom. The number of amides is 1. The summed E-state index contributed by atoms with van der Waals surface area (Å²) in [5, 5.41) is 6.48. The van der Waals surface area contributed by atoms with Crippen LogP contribution in [0.5, 0.6) is 11.5 Å². The maximum absolute atomic E-state index is 12.9. The van der Waals surface area contributed by atoms with Crippen molar-refractivity contribution < 1.29 is 14.3 Å². The maximum atomic E-state index is 12.9. The van der Waals surface area contributed by atoms with Gasteiger partial charge >= 0.3 is 0 Å². The van der Waals surface area contributed by atoms with E-state index in [0.29, 0.717) is 18.0 Å². The van der Waals surface area contributed by atoms with Gasteiger partial charge in [0.25, 0.3) is 0 Å². The zero-order chi connectivity index (χ0) is 18.7. The molecular weight excluding hydrogens is 330 g/mol. The number of likely N-dealkylation sites (N-methyl/N-ethyl adjacent to an activating group) is 1. The molecule has 26 heavy (non-hydrogen) atoms. The van der Waals surface area contributed by atoms with Crippen molar-refractivity contribution in [3.8, 4) is 11.5 Å². The third-order valence-corrected chi connectivity index (χ3v) is 5.36. The first-order valence-electron chi connectivity index (χ1n) is 9.32. The van der Waals surface area contributed by atoms with Crippen molar-refractivity contribution in [2.45, 2.75) is 25.7 Å². The predicted octanol–water partition coefficient (Wildman–Crippen LogP) is 2.62. The van der Waals surface area contributed by atoms with Gasteiger partial charge in [0.1, 0.15) is 0 Å². The number of carbonyl (C=O) groups is 1. The van der Waals surface area contributed by atoms with E-state index in [9.17, 15) is 4.79 Å². The number of fused-ring (bicyclic) bond motifs is 1. The Labute approximate surface area is 155 Å². The normalized spacial score (nSPS) is 22.9. The van der Waals surface area contributed by atoms with Gasteiger partial charge in [-0.15, -0.1) is 0 Å². The van der Waals surface area contributed by atoms with Crippen molar-refractivity contribution in [1.29, 1.82) is 0 Å². The van der Waals surface area contributed by atoms with Gasteiger partial charge in [0.05, 0.1) is 26.5 Å². The molecule has 0 saturated heterocycles. The second-order valence-corrected chi connectivity index (χ2v) is 7.32. The van der Waals surface area contributed by atoms with Crippen molar-refractivity contribution in [1.82, 2.24) is 9.91 Å². The van der Waals surface area contributed by atoms with Gasteiger partial charge < -0.3 is 14.4 Å². The van der Waals surface area contributed by atoms with E-state index in [1.807, 2.05) is 32.3 Å². The van der Waals surface area contributed by atoms with Crippen LogP contribution >= 0.6 is 0 Å². The van der Waals surface area contributed by atoms with E-state index in [4.69, 9.17) is 14.6 Å². The fourth-order valence-electron chi connectivity index (χ4n) is 3.92. The summed E-state index contributed by atoms with van der Waals surface area (Å²) in [5.41, 5.74) is 2.02. The minimum absolute atomic E-state index is 0.0477. The van der Waals surface area contributed by atoms with Gasteiger partial charge in [-0.25, -0.2) is 5.01 Å². The lowest BCUT2D eigenvalue weighted by atomic mass is 9.73. The molecule has 1 aliphatic heterocycles. The highest BCUT2D eigenvalue weighted by Gasteiger charge is 2.41. The smallest absolute Gasteiger partial charge is 0.246 e. The number of benzene rings is 1. The summed E-state index contributed by atoms with van der Waals surface area (Å²) < 4.78 is 10.8. The fraction of sp³-hybridized carbons (Fsp3) is 0.600. The van der Waals surface area contributed by atoms with E-state index < -0.39 is 0 Å². The third-order valence-electron chi connectivity index (χ3n) is 5.36. The van der Waals surface area contributed by atoms with E-state index in [0.717, 1.165) is 43.5 Å². The summed E-state index contributed by atoms with van der Waals surface area (Å²) in [6.07, 6.45) is 4.24. The molecule has 0 aromatic heterocycles. The lowest BCUT2D eigenvalue weighted by Crippen LogP contribution is -2.47. The molecule has 0 unspecified atom stereocenters. The van der Waals surface area contributed by atoms with Crippen LogP contribution in [-0.4, -0.2) is 62.9 Å². The molecule has 1 aliphatic carbocycles. The summed E-state index contributed by atoms with van der Waals surface area (Å²) in [6.45, 7) is 1.41. The number of ether oxygens (including phenoxy) is 2. The first-order chi connectivity index (χ1) is 12.5. The Bertz CT molecular complexity index is 687. The van der Waals surface area contributed by atoms with Crippen LogP contribution in [0.3, 0.4) is 0 Å². The molecule has 1 aromatic rings. The quantitative estimate of drug-likeness (QED) is 0.783. The zero-order valence-corrected chi connectivity index (χ0v) is 16.2. The molecule has 0 spiro atoms. The monoisotopic (exact) mass is 359 g/mol. The number of hydrogen-bond donors (Lipinski definition) is 0. The van der Waals surface area contributed by atoms with E-state index in [-0.39, 0.29) is 17.7 Å². The standard InChI is InChI=1S/C20H29N3O3/c1-22(2)11-12-23-20(24)16-8-6-5-7-15(16)19(21-23)14-9-10-17(25-3)18(13-14)26-4/h9-10,13,15-16H,5-8,11-12H2,1-4H3/t15-,16+/m0/s1. The predicted molar refractivity (Wildman–Crippen MR) is 102 cm³/mol. The molecule has 0 bridgehead atoms. The van der Waals surface area contributed by atoms with Crippen molar-refractivity contribution in [2.24, 2.45) is 16.9 Å². The highest BCUT2D eigenvalue weighted by molar-refractivity contribution is 6.07. The zero-order valence-electron chi connectivity index (χ0n) is 16.2. The number of nitrogens with zero attached hydrogens (tertiary/aromatic N) is 3. The van der Waals surface area contributed by atoms with Crippen LogP contribution in [0.25, 0.3) is 0 Å². The fourth-order valence-corrected chi connectivity index (χ4v) is 3.92. The first-order valence-corrected chi connectivity index (χ1v) is 9.32. The van der Waals surface area contributed by atoms with Crippen LogP contribution in [0.1, 0.15) is 31.2 Å². The minimum Gasteiger partial charge on any atom is -0.493 e. The molecule has 1 fully saturated rings.